The van der Waals surface area contributed by atoms with Crippen molar-refractivity contribution < 1.29 is 14.3 Å². The van der Waals surface area contributed by atoms with Crippen molar-refractivity contribution in [2.45, 2.75) is 26.6 Å². The molecule has 3 heterocycles. The largest absolute Gasteiger partial charge is 0.478 e. The first-order chi connectivity index (χ1) is 13.4. The van der Waals surface area contributed by atoms with Crippen molar-refractivity contribution in [2.24, 2.45) is 0 Å². The molecule has 1 aliphatic heterocycles. The van der Waals surface area contributed by atoms with Crippen molar-refractivity contribution in [2.75, 3.05) is 0 Å². The van der Waals surface area contributed by atoms with E-state index in [2.05, 4.69) is 26.4 Å². The van der Waals surface area contributed by atoms with Gasteiger partial charge < -0.3 is 15.0 Å². The second kappa shape index (κ2) is 7.01. The molecule has 2 aromatic heterocycles. The molecule has 142 valence electrons. The van der Waals surface area contributed by atoms with Crippen molar-refractivity contribution in [1.29, 1.82) is 0 Å². The van der Waals surface area contributed by atoms with E-state index in [1.165, 1.54) is 12.1 Å². The fourth-order valence-corrected chi connectivity index (χ4v) is 3.50. The summed E-state index contributed by atoms with van der Waals surface area (Å²) in [5.41, 5.74) is 5.00. The fourth-order valence-electron chi connectivity index (χ4n) is 3.50. The summed E-state index contributed by atoms with van der Waals surface area (Å²) in [4.78, 5) is 20.0. The molecule has 0 fully saturated rings. The van der Waals surface area contributed by atoms with Crippen molar-refractivity contribution in [3.63, 3.8) is 0 Å². The second-order valence-electron chi connectivity index (χ2n) is 6.82. The van der Waals surface area contributed by atoms with Gasteiger partial charge in [-0.3, -0.25) is 4.98 Å². The van der Waals surface area contributed by atoms with Crippen molar-refractivity contribution in [1.82, 2.24) is 19.9 Å². The van der Waals surface area contributed by atoms with Crippen LogP contribution in [0, 0.1) is 12.7 Å². The molecule has 0 bridgehead atoms. The Morgan fingerprint density at radius 3 is 2.93 bits per heavy atom. The maximum atomic E-state index is 13.6. The highest BCUT2D eigenvalue weighted by molar-refractivity contribution is 5.87. The van der Waals surface area contributed by atoms with E-state index in [0.717, 1.165) is 28.2 Å². The zero-order valence-corrected chi connectivity index (χ0v) is 15.4. The molecule has 0 atom stereocenters. The number of aromatic carboxylic acids is 1. The monoisotopic (exact) mass is 378 g/mol. The smallest absolute Gasteiger partial charge is 0.335 e. The molecule has 28 heavy (non-hydrogen) atoms. The normalized spacial score (nSPS) is 12.6. The minimum absolute atomic E-state index is 0.225. The average Bonchev–Trinajstić information content (AvgIpc) is 3.05. The van der Waals surface area contributed by atoms with Gasteiger partial charge in [0.1, 0.15) is 11.6 Å². The van der Waals surface area contributed by atoms with E-state index < -0.39 is 5.97 Å². The number of benzene rings is 1. The van der Waals surface area contributed by atoms with Crippen LogP contribution in [0.1, 0.15) is 44.4 Å². The molecule has 3 aromatic rings. The quantitative estimate of drug-likeness (QED) is 0.558. The molecule has 1 aliphatic rings. The summed E-state index contributed by atoms with van der Waals surface area (Å²) >= 11 is 0. The number of aryl methyl sites for hydroxylation is 1. The zero-order valence-electron chi connectivity index (χ0n) is 15.4. The van der Waals surface area contributed by atoms with E-state index in [4.69, 9.17) is 0 Å². The predicted molar refractivity (Wildman–Crippen MR) is 102 cm³/mol. The lowest BCUT2D eigenvalue weighted by Crippen LogP contribution is -2.21. The second-order valence-corrected chi connectivity index (χ2v) is 6.82. The molecule has 7 heteroatoms. The number of nitrogens with zero attached hydrogens (tertiary/aromatic N) is 3. The molecular weight excluding hydrogens is 359 g/mol. The number of carboxylic acid groups (broad SMARTS) is 1. The third kappa shape index (κ3) is 3.32. The van der Waals surface area contributed by atoms with Gasteiger partial charge in [0.2, 0.25) is 0 Å². The van der Waals surface area contributed by atoms with Crippen LogP contribution in [0.4, 0.5) is 4.39 Å². The van der Waals surface area contributed by atoms with Gasteiger partial charge in [-0.15, -0.1) is 0 Å². The van der Waals surface area contributed by atoms with Gasteiger partial charge in [0.15, 0.2) is 0 Å². The highest BCUT2D eigenvalue weighted by Crippen LogP contribution is 2.32. The summed E-state index contributed by atoms with van der Waals surface area (Å²) in [5.74, 6) is -0.416. The molecule has 6 nitrogen and oxygen atoms in total. The molecule has 0 unspecified atom stereocenters. The lowest BCUT2D eigenvalue weighted by Gasteiger charge is -2.22. The number of fused-ring (bicyclic) bond motifs is 2. The van der Waals surface area contributed by atoms with Gasteiger partial charge in [0.05, 0.1) is 29.7 Å². The number of imidazole rings is 1. The molecule has 0 spiro atoms. The molecule has 4 rings (SSSR count). The molecule has 0 saturated heterocycles. The van der Waals surface area contributed by atoms with Crippen LogP contribution in [0.15, 0.2) is 43.1 Å². The van der Waals surface area contributed by atoms with Crippen molar-refractivity contribution in [3.8, 4) is 0 Å². The number of carbonyl (C=O) groups is 1. The molecule has 2 N–H and O–H groups in total. The number of hydrogen-bond donors (Lipinski definition) is 2. The molecule has 0 amide bonds. The summed E-state index contributed by atoms with van der Waals surface area (Å²) in [6, 6.07) is 7.85. The molecule has 0 radical (unpaired) electrons. The number of carboxylic acids is 1. The Morgan fingerprint density at radius 1 is 1.32 bits per heavy atom. The van der Waals surface area contributed by atoms with E-state index >= 15 is 0 Å². The van der Waals surface area contributed by atoms with Gasteiger partial charge in [-0.1, -0.05) is 12.6 Å². The van der Waals surface area contributed by atoms with Gasteiger partial charge in [0.25, 0.3) is 0 Å². The van der Waals surface area contributed by atoms with Crippen molar-refractivity contribution in [3.05, 3.63) is 88.5 Å². The van der Waals surface area contributed by atoms with Crippen LogP contribution in [0.25, 0.3) is 5.57 Å². The van der Waals surface area contributed by atoms with E-state index in [0.29, 0.717) is 31.0 Å². The first-order valence-corrected chi connectivity index (χ1v) is 8.86. The number of rotatable bonds is 5. The Hall–Kier alpha value is -3.32. The molecule has 0 saturated carbocycles. The van der Waals surface area contributed by atoms with Crippen LogP contribution in [0.5, 0.6) is 0 Å². The first-order valence-electron chi connectivity index (χ1n) is 8.86. The minimum atomic E-state index is -0.970. The maximum absolute atomic E-state index is 13.6. The topological polar surface area (TPSA) is 80.0 Å². The van der Waals surface area contributed by atoms with Crippen LogP contribution >= 0.6 is 0 Å². The van der Waals surface area contributed by atoms with E-state index in [1.54, 1.807) is 31.3 Å². The van der Waals surface area contributed by atoms with Crippen LogP contribution in [-0.4, -0.2) is 25.6 Å². The fraction of sp³-hybridized carbons (Fsp3) is 0.190. The number of pyridine rings is 1. The lowest BCUT2D eigenvalue weighted by molar-refractivity contribution is 0.0696. The van der Waals surface area contributed by atoms with E-state index in [9.17, 15) is 14.3 Å². The van der Waals surface area contributed by atoms with Gasteiger partial charge in [-0.2, -0.15) is 0 Å². The number of hydrogen-bond acceptors (Lipinski definition) is 4. The molecular formula is C21H19FN4O2. The number of halogens is 1. The summed E-state index contributed by atoms with van der Waals surface area (Å²) in [6.45, 7) is 7.39. The standard InChI is InChI=1S/C21H19FN4O2/c1-12-5-15(21(27)28)6-17(25-12)8-23-10-20-24-9-19-13(2)18-7-16(22)4-3-14(18)11-26(19)20/h3-7,9,23H,2,8,10-11H2,1H3,(H,27,28). The average molecular weight is 378 g/mol. The van der Waals surface area contributed by atoms with Crippen LogP contribution in [0.3, 0.4) is 0 Å². The van der Waals surface area contributed by atoms with E-state index in [-0.39, 0.29) is 11.4 Å². The summed E-state index contributed by atoms with van der Waals surface area (Å²) < 4.78 is 15.6. The Labute approximate surface area is 161 Å². The minimum Gasteiger partial charge on any atom is -0.478 e. The van der Waals surface area contributed by atoms with Crippen molar-refractivity contribution >= 4 is 11.5 Å². The van der Waals surface area contributed by atoms with Gasteiger partial charge in [0, 0.05) is 24.4 Å². The summed E-state index contributed by atoms with van der Waals surface area (Å²) in [6.07, 6.45) is 1.75. The number of aromatic nitrogens is 3. The molecule has 1 aromatic carbocycles. The maximum Gasteiger partial charge on any atom is 0.335 e. The Bertz CT molecular complexity index is 1100. The lowest BCUT2D eigenvalue weighted by atomic mass is 9.95. The zero-order chi connectivity index (χ0) is 19.8. The molecule has 0 aliphatic carbocycles. The highest BCUT2D eigenvalue weighted by atomic mass is 19.1. The van der Waals surface area contributed by atoms with Crippen LogP contribution in [0.2, 0.25) is 0 Å². The Kier molecular flexibility index (Phi) is 4.52. The van der Waals surface area contributed by atoms with E-state index in [1.807, 2.05) is 0 Å². The van der Waals surface area contributed by atoms with Gasteiger partial charge in [-0.25, -0.2) is 14.2 Å². The van der Waals surface area contributed by atoms with Crippen LogP contribution < -0.4 is 5.32 Å². The Morgan fingerprint density at radius 2 is 2.14 bits per heavy atom. The third-order valence-electron chi connectivity index (χ3n) is 4.82. The first kappa shape index (κ1) is 18.1. The summed E-state index contributed by atoms with van der Waals surface area (Å²) in [5, 5.41) is 12.4. The third-order valence-corrected chi connectivity index (χ3v) is 4.82. The number of nitrogens with one attached hydrogen (secondary N) is 1. The van der Waals surface area contributed by atoms with Gasteiger partial charge in [-0.05, 0) is 42.3 Å². The summed E-state index contributed by atoms with van der Waals surface area (Å²) in [7, 11) is 0. The predicted octanol–water partition coefficient (Wildman–Crippen LogP) is 3.14. The van der Waals surface area contributed by atoms with Crippen LogP contribution in [-0.2, 0) is 19.6 Å². The SMILES string of the molecule is C=C1c2cc(F)ccc2Cn2c1cnc2CNCc1cc(C(=O)O)cc(C)n1. The highest BCUT2D eigenvalue weighted by Gasteiger charge is 2.22. The van der Waals surface area contributed by atoms with Gasteiger partial charge >= 0.3 is 5.97 Å². The Balaban J connectivity index is 1.50.